The third-order valence-corrected chi connectivity index (χ3v) is 2.82. The fraction of sp³-hybridized carbons (Fsp3) is 0.500. The molecule has 20 heavy (non-hydrogen) atoms. The molecule has 2 N–H and O–H groups in total. The van der Waals surface area contributed by atoms with E-state index in [0.29, 0.717) is 0 Å². The summed E-state index contributed by atoms with van der Waals surface area (Å²) in [6.07, 6.45) is 1.39. The van der Waals surface area contributed by atoms with Crippen molar-refractivity contribution in [1.29, 1.82) is 0 Å². The largest absolute Gasteiger partial charge is 0.444 e. The Kier molecular flexibility index (Phi) is 4.55. The molecule has 7 nitrogen and oxygen atoms in total. The summed E-state index contributed by atoms with van der Waals surface area (Å²) in [6.45, 7) is -0.855. The van der Waals surface area contributed by atoms with Gasteiger partial charge in [0.15, 0.2) is 6.67 Å². The molecule has 1 aromatic rings. The zero-order valence-electron chi connectivity index (χ0n) is 10.4. The monoisotopic (exact) mass is 284 g/mol. The van der Waals surface area contributed by atoms with Gasteiger partial charge in [0.2, 0.25) is 0 Å². The number of aromatic nitrogens is 2. The highest BCUT2D eigenvalue weighted by atomic mass is 19.1. The summed E-state index contributed by atoms with van der Waals surface area (Å²) < 4.78 is 23.2. The Morgan fingerprint density at radius 2 is 2.40 bits per heavy atom. The fourth-order valence-corrected chi connectivity index (χ4v) is 1.89. The van der Waals surface area contributed by atoms with Crippen molar-refractivity contribution >= 4 is 0 Å². The number of nitrogens with one attached hydrogen (secondary N) is 1. The van der Waals surface area contributed by atoms with Crippen LogP contribution < -0.4 is 11.2 Å². The Bertz CT molecular complexity index is 629. The lowest BCUT2D eigenvalue weighted by molar-refractivity contribution is -0.0458. The average molecular weight is 284 g/mol. The maximum atomic E-state index is 11.7. The van der Waals surface area contributed by atoms with Gasteiger partial charge in [0.05, 0.1) is 6.10 Å². The Hall–Kier alpha value is -2.11. The molecule has 2 rings (SSSR count). The summed E-state index contributed by atoms with van der Waals surface area (Å²) in [4.78, 5) is 24.7. The van der Waals surface area contributed by atoms with E-state index in [-0.39, 0.29) is 13.0 Å². The molecule has 0 spiro atoms. The first-order valence-electron chi connectivity index (χ1n) is 5.92. The minimum atomic E-state index is -0.842. The average Bonchev–Trinajstić information content (AvgIpc) is 2.76. The van der Waals surface area contributed by atoms with Gasteiger partial charge in [0, 0.05) is 18.7 Å². The first kappa shape index (κ1) is 14.3. The summed E-state index contributed by atoms with van der Waals surface area (Å²) in [7, 11) is 0. The molecule has 1 aromatic heterocycles. The second kappa shape index (κ2) is 6.36. The molecule has 108 valence electrons. The molecular weight excluding hydrogens is 271 g/mol. The molecular formula is C12H13FN2O5. The summed E-state index contributed by atoms with van der Waals surface area (Å²) in [5, 5.41) is 9.81. The summed E-state index contributed by atoms with van der Waals surface area (Å²) in [6, 6.07) is 1.19. The topological polar surface area (TPSA) is 93.6 Å². The van der Waals surface area contributed by atoms with Crippen LogP contribution in [-0.4, -0.2) is 40.1 Å². The molecule has 2 heterocycles. The number of hydrogen-bond acceptors (Lipinski definition) is 5. The number of hydrogen-bond donors (Lipinski definition) is 2. The van der Waals surface area contributed by atoms with Crippen LogP contribution in [-0.2, 0) is 9.47 Å². The van der Waals surface area contributed by atoms with Gasteiger partial charge in [-0.1, -0.05) is 0 Å². The number of H-pyrrole nitrogens is 1. The van der Waals surface area contributed by atoms with E-state index < -0.39 is 36.4 Å². The lowest BCUT2D eigenvalue weighted by Gasteiger charge is -2.14. The molecule has 8 heteroatoms. The third kappa shape index (κ3) is 3.26. The van der Waals surface area contributed by atoms with E-state index in [9.17, 15) is 19.1 Å². The second-order valence-corrected chi connectivity index (χ2v) is 4.17. The zero-order valence-corrected chi connectivity index (χ0v) is 10.4. The van der Waals surface area contributed by atoms with Gasteiger partial charge in [0.25, 0.3) is 5.56 Å². The lowest BCUT2D eigenvalue weighted by atomic mass is 10.2. The lowest BCUT2D eigenvalue weighted by Crippen LogP contribution is -2.31. The number of ether oxygens (including phenoxy) is 2. The maximum absolute atomic E-state index is 11.7. The molecule has 0 radical (unpaired) electrons. The second-order valence-electron chi connectivity index (χ2n) is 4.17. The van der Waals surface area contributed by atoms with Gasteiger partial charge >= 0.3 is 5.69 Å². The molecule has 1 fully saturated rings. The van der Waals surface area contributed by atoms with Crippen molar-refractivity contribution < 1.29 is 19.0 Å². The highest BCUT2D eigenvalue weighted by molar-refractivity contribution is 4.92. The highest BCUT2D eigenvalue weighted by Crippen LogP contribution is 2.27. The van der Waals surface area contributed by atoms with E-state index in [1.165, 1.54) is 16.8 Å². The standard InChI is InChI=1S/C12H13FN2O5/c13-3-1-5-19-7-9-8(16)6-11(20-9)15-4-2-10(17)14-12(15)18/h2,4,8-9,11,16H,3,6-7H2,(H,14,17,18)/t8-,9+,11+/m0/s1. The molecule has 0 aliphatic carbocycles. The molecule has 0 aromatic carbocycles. The molecule has 1 aliphatic rings. The molecule has 0 amide bonds. The Morgan fingerprint density at radius 1 is 1.60 bits per heavy atom. The minimum absolute atomic E-state index is 0.0389. The number of aliphatic hydroxyl groups excluding tert-OH is 1. The Morgan fingerprint density at radius 3 is 3.10 bits per heavy atom. The van der Waals surface area contributed by atoms with Crippen molar-refractivity contribution in [2.45, 2.75) is 24.9 Å². The smallest absolute Gasteiger partial charge is 0.330 e. The Labute approximate surface area is 113 Å². The zero-order chi connectivity index (χ0) is 14.5. The third-order valence-electron chi connectivity index (χ3n) is 2.82. The van der Waals surface area contributed by atoms with Crippen molar-refractivity contribution in [1.82, 2.24) is 9.55 Å². The SMILES string of the molecule is O=c1ccn([C@H]2C[C@H](O)[C@@H](COC#CCF)O2)c(=O)[nH]1. The van der Waals surface area contributed by atoms with E-state index in [0.717, 1.165) is 0 Å². The van der Waals surface area contributed by atoms with Crippen LogP contribution in [0.15, 0.2) is 21.9 Å². The van der Waals surface area contributed by atoms with Crippen molar-refractivity contribution in [3.05, 3.63) is 33.1 Å². The van der Waals surface area contributed by atoms with Crippen LogP contribution >= 0.6 is 0 Å². The van der Waals surface area contributed by atoms with Gasteiger partial charge in [-0.2, -0.15) is 0 Å². The minimum Gasteiger partial charge on any atom is -0.444 e. The van der Waals surface area contributed by atoms with Gasteiger partial charge in [0.1, 0.15) is 25.0 Å². The molecule has 1 aliphatic heterocycles. The van der Waals surface area contributed by atoms with Gasteiger partial charge in [-0.25, -0.2) is 9.18 Å². The molecule has 1 saturated heterocycles. The predicted octanol–water partition coefficient (Wildman–Crippen LogP) is -0.868. The van der Waals surface area contributed by atoms with Crippen LogP contribution in [0.1, 0.15) is 12.6 Å². The first-order chi connectivity index (χ1) is 9.61. The summed E-state index contributed by atoms with van der Waals surface area (Å²) in [5.74, 6) is 2.07. The van der Waals surface area contributed by atoms with Crippen LogP contribution in [0.5, 0.6) is 0 Å². The van der Waals surface area contributed by atoms with Crippen LogP contribution in [0.2, 0.25) is 0 Å². The molecule has 3 atom stereocenters. The van der Waals surface area contributed by atoms with Gasteiger partial charge in [-0.15, -0.1) is 0 Å². The van der Waals surface area contributed by atoms with Crippen LogP contribution in [0.3, 0.4) is 0 Å². The van der Waals surface area contributed by atoms with E-state index >= 15 is 0 Å². The highest BCUT2D eigenvalue weighted by Gasteiger charge is 2.35. The normalized spacial score (nSPS) is 25.0. The fourth-order valence-electron chi connectivity index (χ4n) is 1.89. The van der Waals surface area contributed by atoms with Gasteiger partial charge in [-0.3, -0.25) is 14.3 Å². The number of alkyl halides is 1. The van der Waals surface area contributed by atoms with Crippen molar-refractivity contribution in [3.63, 3.8) is 0 Å². The number of aromatic amines is 1. The van der Waals surface area contributed by atoms with Crippen LogP contribution in [0.25, 0.3) is 0 Å². The van der Waals surface area contributed by atoms with E-state index in [4.69, 9.17) is 9.47 Å². The van der Waals surface area contributed by atoms with E-state index in [1.54, 1.807) is 0 Å². The maximum Gasteiger partial charge on any atom is 0.330 e. The van der Waals surface area contributed by atoms with Crippen molar-refractivity contribution in [2.75, 3.05) is 13.3 Å². The van der Waals surface area contributed by atoms with E-state index in [2.05, 4.69) is 17.0 Å². The summed E-state index contributed by atoms with van der Waals surface area (Å²) in [5.41, 5.74) is -1.13. The predicted molar refractivity (Wildman–Crippen MR) is 65.6 cm³/mol. The Balaban J connectivity index is 2.02. The van der Waals surface area contributed by atoms with E-state index in [1.807, 2.05) is 0 Å². The van der Waals surface area contributed by atoms with Crippen molar-refractivity contribution in [2.24, 2.45) is 0 Å². The van der Waals surface area contributed by atoms with Crippen molar-refractivity contribution in [3.8, 4) is 12.0 Å². The first-order valence-corrected chi connectivity index (χ1v) is 5.92. The molecule has 0 unspecified atom stereocenters. The molecule has 0 bridgehead atoms. The van der Waals surface area contributed by atoms with Crippen LogP contribution in [0.4, 0.5) is 4.39 Å². The van der Waals surface area contributed by atoms with Crippen LogP contribution in [0, 0.1) is 12.0 Å². The number of aliphatic hydroxyl groups is 1. The summed E-state index contributed by atoms with van der Waals surface area (Å²) >= 11 is 0. The quantitative estimate of drug-likeness (QED) is 0.704. The van der Waals surface area contributed by atoms with Gasteiger partial charge in [-0.05, 0) is 5.92 Å². The number of rotatable bonds is 3. The molecule has 0 saturated carbocycles. The number of halogens is 1. The number of nitrogens with zero attached hydrogens (tertiary/aromatic N) is 1. The van der Waals surface area contributed by atoms with Gasteiger partial charge < -0.3 is 14.6 Å².